The topological polar surface area (TPSA) is 9.49 Å². The summed E-state index contributed by atoms with van der Waals surface area (Å²) in [5.74, 6) is 0. The van der Waals surface area contributed by atoms with Crippen molar-refractivity contribution in [3.05, 3.63) is 191 Å². The molecule has 0 N–H and O–H groups in total. The maximum atomic E-state index is 2.47. The van der Waals surface area contributed by atoms with Crippen molar-refractivity contribution in [2.45, 2.75) is 114 Å². The van der Waals surface area contributed by atoms with E-state index < -0.39 is 0 Å². The van der Waals surface area contributed by atoms with Crippen molar-refractivity contribution >= 4 is 40.2 Å². The molecular weight excluding hydrogens is 739 g/mol. The van der Waals surface area contributed by atoms with Crippen molar-refractivity contribution in [1.29, 1.82) is 0 Å². The van der Waals surface area contributed by atoms with E-state index in [1.807, 2.05) is 55.4 Å². The molecule has 0 spiro atoms. The van der Waals surface area contributed by atoms with E-state index in [0.717, 1.165) is 12.8 Å². The third kappa shape index (κ3) is 8.40. The van der Waals surface area contributed by atoms with Crippen LogP contribution in [0.1, 0.15) is 114 Å². The molecule has 3 nitrogen and oxygen atoms in total. The van der Waals surface area contributed by atoms with Crippen LogP contribution in [0.2, 0.25) is 0 Å². The summed E-state index contributed by atoms with van der Waals surface area (Å²) in [5.41, 5.74) is 19.7. The van der Waals surface area contributed by atoms with Crippen LogP contribution >= 0.6 is 0 Å². The number of benzene rings is 4. The van der Waals surface area contributed by atoms with Crippen molar-refractivity contribution in [3.63, 3.8) is 0 Å². The van der Waals surface area contributed by atoms with Crippen LogP contribution in [0.25, 0.3) is 16.7 Å². The van der Waals surface area contributed by atoms with Gasteiger partial charge in [-0.15, -0.1) is 0 Å². The Hall–Kier alpha value is -5.93. The molecule has 0 amide bonds. The van der Waals surface area contributed by atoms with Gasteiger partial charge >= 0.3 is 0 Å². The van der Waals surface area contributed by atoms with Gasteiger partial charge in [-0.2, -0.15) is 4.58 Å². The van der Waals surface area contributed by atoms with Gasteiger partial charge in [-0.25, -0.2) is 0 Å². The van der Waals surface area contributed by atoms with Gasteiger partial charge in [0.1, 0.15) is 0 Å². The zero-order chi connectivity index (χ0) is 44.3. The first-order chi connectivity index (χ1) is 29.9. The summed E-state index contributed by atoms with van der Waals surface area (Å²) in [6.45, 7) is 27.2. The zero-order valence-corrected chi connectivity index (χ0v) is 39.3. The quantitative estimate of drug-likeness (QED) is 0.114. The van der Waals surface area contributed by atoms with Gasteiger partial charge in [-0.05, 0) is 110 Å². The fourth-order valence-corrected chi connectivity index (χ4v) is 9.17. The standard InChI is InChI=1S/C50H46N3.4C2H6/c1-6-8-10-25-46-41(33-51-44-24-14-13-21-40(44)48-47(51)32-31-39-38-22-16-23-42(38)50(4,5)49(39)48)45(17-7-2)53(46)37-29-27-36(28-30-37)52(35-19-11-9-12-20-35)43-26-15-18-34(43)3;4*1-2/h6-22,24-25,27-33,46H,23,26H2,1-5H3;4*1-2H3/q+1;;;;/b8-6-,17-7-,25-10-;;;;. The first-order valence-electron chi connectivity index (χ1n) is 23.0. The van der Waals surface area contributed by atoms with Crippen LogP contribution in [-0.2, 0) is 5.41 Å². The normalized spacial score (nSPS) is 17.9. The van der Waals surface area contributed by atoms with Crippen molar-refractivity contribution in [2.24, 2.45) is 0 Å². The fourth-order valence-electron chi connectivity index (χ4n) is 9.17. The molecule has 0 saturated carbocycles. The minimum absolute atomic E-state index is 0.0190. The molecule has 5 aliphatic rings. The first kappa shape index (κ1) is 46.1. The molecule has 3 aliphatic carbocycles. The van der Waals surface area contributed by atoms with Crippen LogP contribution in [0.5, 0.6) is 0 Å². The highest BCUT2D eigenvalue weighted by Gasteiger charge is 2.46. The fraction of sp³-hybridized carbons (Fsp3) is 0.293. The SMILES string of the molecule is C/C=C\C=C/C1C(C=[N+]2c3ccccc3-c3c2ccc2c3C(C)(C)C3=C2C=CC3)=C(/C=C\C)N1c1ccc(N(C2=C(C)C=CC2)c2ccccc2)cc1.CC.CC.CC.CC. The second-order valence-electron chi connectivity index (χ2n) is 15.0. The predicted octanol–water partition coefficient (Wildman–Crippen LogP) is 16.9. The second kappa shape index (κ2) is 21.0. The highest BCUT2D eigenvalue weighted by molar-refractivity contribution is 6.05. The van der Waals surface area contributed by atoms with Crippen LogP contribution in [-0.4, -0.2) is 12.3 Å². The van der Waals surface area contributed by atoms with Crippen LogP contribution in [0.3, 0.4) is 0 Å². The second-order valence-corrected chi connectivity index (χ2v) is 15.0. The molecule has 4 aromatic rings. The number of anilines is 3. The summed E-state index contributed by atoms with van der Waals surface area (Å²) in [6.07, 6.45) is 26.7. The lowest BCUT2D eigenvalue weighted by atomic mass is 9.77. The Morgan fingerprint density at radius 2 is 1.33 bits per heavy atom. The maximum absolute atomic E-state index is 2.47. The van der Waals surface area contributed by atoms with E-state index in [9.17, 15) is 0 Å². The lowest BCUT2D eigenvalue weighted by Crippen LogP contribution is -2.46. The Labute approximate surface area is 369 Å². The average molecular weight is 809 g/mol. The number of hydrogen-bond acceptors (Lipinski definition) is 2. The van der Waals surface area contributed by atoms with E-state index in [0.29, 0.717) is 0 Å². The van der Waals surface area contributed by atoms with Gasteiger partial charge < -0.3 is 9.80 Å². The number of nitrogens with zero attached hydrogens (tertiary/aromatic N) is 3. The minimum atomic E-state index is -0.0190. The summed E-state index contributed by atoms with van der Waals surface area (Å²) < 4.78 is 2.46. The van der Waals surface area contributed by atoms with Crippen molar-refractivity contribution in [1.82, 2.24) is 4.58 Å². The molecule has 61 heavy (non-hydrogen) atoms. The van der Waals surface area contributed by atoms with Gasteiger partial charge in [-0.3, -0.25) is 0 Å². The molecule has 316 valence electrons. The molecule has 2 aliphatic heterocycles. The van der Waals surface area contributed by atoms with Crippen LogP contribution in [0.4, 0.5) is 28.4 Å². The lowest BCUT2D eigenvalue weighted by Gasteiger charge is -2.42. The summed E-state index contributed by atoms with van der Waals surface area (Å²) in [6, 6.07) is 33.6. The summed E-state index contributed by atoms with van der Waals surface area (Å²) in [4.78, 5) is 4.88. The van der Waals surface area contributed by atoms with E-state index in [1.54, 1.807) is 5.57 Å². The van der Waals surface area contributed by atoms with Gasteiger partial charge in [0.05, 0.1) is 28.4 Å². The monoisotopic (exact) mass is 809 g/mol. The lowest BCUT2D eigenvalue weighted by molar-refractivity contribution is 0.629. The van der Waals surface area contributed by atoms with Gasteiger partial charge in [0, 0.05) is 46.7 Å². The van der Waals surface area contributed by atoms with E-state index in [1.165, 1.54) is 78.8 Å². The third-order valence-corrected chi connectivity index (χ3v) is 11.6. The smallest absolute Gasteiger partial charge is 0.219 e. The molecule has 9 rings (SSSR count). The Bertz CT molecular complexity index is 2440. The molecule has 1 unspecified atom stereocenters. The van der Waals surface area contributed by atoms with Gasteiger partial charge in [-0.1, -0.05) is 154 Å². The van der Waals surface area contributed by atoms with Crippen molar-refractivity contribution in [2.75, 3.05) is 9.80 Å². The average Bonchev–Trinajstić information content (AvgIpc) is 4.10. The molecule has 1 atom stereocenters. The molecule has 0 aromatic heterocycles. The van der Waals surface area contributed by atoms with E-state index >= 15 is 0 Å². The van der Waals surface area contributed by atoms with Crippen molar-refractivity contribution in [3.8, 4) is 11.1 Å². The summed E-state index contributed by atoms with van der Waals surface area (Å²) in [5, 5.41) is 0. The molecule has 4 aromatic carbocycles. The number of rotatable bonds is 8. The van der Waals surface area contributed by atoms with E-state index in [2.05, 4.69) is 207 Å². The molecule has 0 radical (unpaired) electrons. The number of para-hydroxylation sites is 2. The Morgan fingerprint density at radius 3 is 1.98 bits per heavy atom. The van der Waals surface area contributed by atoms with E-state index in [-0.39, 0.29) is 11.5 Å². The number of fused-ring (bicyclic) bond motifs is 6. The van der Waals surface area contributed by atoms with Gasteiger partial charge in [0.25, 0.3) is 0 Å². The molecule has 0 bridgehead atoms. The first-order valence-corrected chi connectivity index (χ1v) is 23.0. The van der Waals surface area contributed by atoms with Crippen LogP contribution in [0.15, 0.2) is 180 Å². The van der Waals surface area contributed by atoms with Gasteiger partial charge in [0.15, 0.2) is 6.21 Å². The third-order valence-electron chi connectivity index (χ3n) is 11.6. The maximum Gasteiger partial charge on any atom is 0.219 e. The number of allylic oxidation sites excluding steroid dienone is 12. The highest BCUT2D eigenvalue weighted by Crippen LogP contribution is 2.58. The Kier molecular flexibility index (Phi) is 15.9. The van der Waals surface area contributed by atoms with E-state index in [4.69, 9.17) is 0 Å². The predicted molar refractivity (Wildman–Crippen MR) is 272 cm³/mol. The van der Waals surface area contributed by atoms with Crippen LogP contribution in [0, 0.1) is 0 Å². The van der Waals surface area contributed by atoms with Crippen LogP contribution < -0.4 is 14.4 Å². The summed E-state index contributed by atoms with van der Waals surface area (Å²) in [7, 11) is 0. The van der Waals surface area contributed by atoms with Gasteiger partial charge in [0.2, 0.25) is 11.4 Å². The minimum Gasteiger partial charge on any atom is -0.330 e. The number of hydrogen-bond donors (Lipinski definition) is 0. The molecule has 0 fully saturated rings. The zero-order valence-electron chi connectivity index (χ0n) is 39.3. The Morgan fingerprint density at radius 1 is 0.672 bits per heavy atom. The highest BCUT2D eigenvalue weighted by atomic mass is 15.2. The largest absolute Gasteiger partial charge is 0.330 e. The molecule has 2 heterocycles. The Balaban J connectivity index is 0.000000833. The molecule has 0 saturated heterocycles. The van der Waals surface area contributed by atoms with Crippen molar-refractivity contribution < 1.29 is 0 Å². The summed E-state index contributed by atoms with van der Waals surface area (Å²) >= 11 is 0. The molecule has 3 heteroatoms. The molecular formula is C58H70N3+.